The van der Waals surface area contributed by atoms with Crippen LogP contribution in [0, 0.1) is 0 Å². The number of carbonyl (C=O) groups excluding carboxylic acids is 1. The van der Waals surface area contributed by atoms with Crippen LogP contribution in [0.25, 0.3) is 10.8 Å². The molecule has 1 saturated heterocycles. The molecule has 0 spiro atoms. The van der Waals surface area contributed by atoms with Crippen LogP contribution in [0.1, 0.15) is 18.4 Å². The molecule has 6 heteroatoms. The molecule has 1 heterocycles. The number of nitrogens with zero attached hydrogens (tertiary/aromatic N) is 2. The molecule has 1 aliphatic heterocycles. The minimum absolute atomic E-state index is 0.140. The highest BCUT2D eigenvalue weighted by Gasteiger charge is 2.15. The van der Waals surface area contributed by atoms with Gasteiger partial charge in [0.1, 0.15) is 0 Å². The number of nitrogens with one attached hydrogen (secondary N) is 1. The van der Waals surface area contributed by atoms with Gasteiger partial charge >= 0.3 is 0 Å². The van der Waals surface area contributed by atoms with E-state index in [0.717, 1.165) is 28.9 Å². The van der Waals surface area contributed by atoms with Crippen LogP contribution in [0.3, 0.4) is 0 Å². The summed E-state index contributed by atoms with van der Waals surface area (Å²) >= 11 is 7.33. The SMILES string of the molecule is O=C(CSc1ccc(Cl)cc1)N/N=C\c1ccc(N2CCCC2)c2ccccc12. The molecule has 1 amide bonds. The summed E-state index contributed by atoms with van der Waals surface area (Å²) in [6.07, 6.45) is 4.22. The summed E-state index contributed by atoms with van der Waals surface area (Å²) < 4.78 is 0. The summed E-state index contributed by atoms with van der Waals surface area (Å²) in [4.78, 5) is 15.5. The lowest BCUT2D eigenvalue weighted by Crippen LogP contribution is -2.19. The van der Waals surface area contributed by atoms with Crippen molar-refractivity contribution in [1.29, 1.82) is 0 Å². The summed E-state index contributed by atoms with van der Waals surface area (Å²) in [6, 6.07) is 20.0. The van der Waals surface area contributed by atoms with Crippen molar-refractivity contribution in [2.24, 2.45) is 5.10 Å². The second-order valence-corrected chi connectivity index (χ2v) is 8.43. The molecule has 0 atom stereocenters. The predicted molar refractivity (Wildman–Crippen MR) is 123 cm³/mol. The molecule has 0 bridgehead atoms. The van der Waals surface area contributed by atoms with Gasteiger partial charge in [-0.3, -0.25) is 4.79 Å². The quantitative estimate of drug-likeness (QED) is 0.331. The molecule has 3 aromatic carbocycles. The van der Waals surface area contributed by atoms with Crippen molar-refractivity contribution in [1.82, 2.24) is 5.43 Å². The van der Waals surface area contributed by atoms with E-state index in [-0.39, 0.29) is 5.91 Å². The molecule has 29 heavy (non-hydrogen) atoms. The lowest BCUT2D eigenvalue weighted by atomic mass is 10.0. The first-order chi connectivity index (χ1) is 14.2. The van der Waals surface area contributed by atoms with Crippen LogP contribution in [-0.4, -0.2) is 31.0 Å². The maximum absolute atomic E-state index is 12.1. The average molecular weight is 424 g/mol. The van der Waals surface area contributed by atoms with E-state index < -0.39 is 0 Å². The van der Waals surface area contributed by atoms with Crippen molar-refractivity contribution in [3.8, 4) is 0 Å². The van der Waals surface area contributed by atoms with Gasteiger partial charge in [-0.1, -0.05) is 41.9 Å². The second-order valence-electron chi connectivity index (χ2n) is 6.95. The number of halogens is 1. The molecule has 0 radical (unpaired) electrons. The van der Waals surface area contributed by atoms with Crippen molar-refractivity contribution in [3.63, 3.8) is 0 Å². The number of hydrogen-bond acceptors (Lipinski definition) is 4. The molecule has 3 aromatic rings. The van der Waals surface area contributed by atoms with E-state index in [2.05, 4.69) is 45.8 Å². The Hall–Kier alpha value is -2.50. The van der Waals surface area contributed by atoms with Crippen LogP contribution in [0.2, 0.25) is 5.02 Å². The number of carbonyl (C=O) groups is 1. The van der Waals surface area contributed by atoms with Gasteiger partial charge < -0.3 is 4.90 Å². The molecule has 4 nitrogen and oxygen atoms in total. The van der Waals surface area contributed by atoms with Crippen LogP contribution in [0.5, 0.6) is 0 Å². The Kier molecular flexibility index (Phi) is 6.37. The van der Waals surface area contributed by atoms with E-state index in [9.17, 15) is 4.79 Å². The highest BCUT2D eigenvalue weighted by Crippen LogP contribution is 2.31. The standard InChI is InChI=1S/C23H22ClN3OS/c24-18-8-10-19(11-9-18)29-16-23(28)26-25-15-17-7-12-22(27-13-3-4-14-27)21-6-2-1-5-20(17)21/h1-2,5-12,15H,3-4,13-14,16H2,(H,26,28)/b25-15-. The topological polar surface area (TPSA) is 44.7 Å². The van der Waals surface area contributed by atoms with Crippen molar-refractivity contribution in [2.75, 3.05) is 23.7 Å². The van der Waals surface area contributed by atoms with E-state index in [1.165, 1.54) is 35.7 Å². The highest BCUT2D eigenvalue weighted by atomic mass is 35.5. The van der Waals surface area contributed by atoms with Crippen LogP contribution in [-0.2, 0) is 4.79 Å². The lowest BCUT2D eigenvalue weighted by molar-refractivity contribution is -0.118. The van der Waals surface area contributed by atoms with Gasteiger partial charge in [-0.2, -0.15) is 5.10 Å². The molecule has 0 aliphatic carbocycles. The number of hydrogen-bond donors (Lipinski definition) is 1. The fraction of sp³-hybridized carbons (Fsp3) is 0.217. The highest BCUT2D eigenvalue weighted by molar-refractivity contribution is 8.00. The number of rotatable bonds is 6. The predicted octanol–water partition coefficient (Wildman–Crippen LogP) is 5.34. The Morgan fingerprint density at radius 3 is 2.52 bits per heavy atom. The summed E-state index contributed by atoms with van der Waals surface area (Å²) in [5, 5.41) is 7.23. The summed E-state index contributed by atoms with van der Waals surface area (Å²) in [7, 11) is 0. The van der Waals surface area contributed by atoms with Crippen molar-refractivity contribution in [3.05, 3.63) is 71.2 Å². The molecule has 0 saturated carbocycles. The maximum atomic E-state index is 12.1. The number of hydrazone groups is 1. The number of amides is 1. The summed E-state index contributed by atoms with van der Waals surface area (Å²) in [6.45, 7) is 2.22. The minimum atomic E-state index is -0.140. The first kappa shape index (κ1) is 19.8. The van der Waals surface area contributed by atoms with Crippen molar-refractivity contribution >= 4 is 51.9 Å². The molecular weight excluding hydrogens is 402 g/mol. The van der Waals surface area contributed by atoms with E-state index in [1.807, 2.05) is 30.3 Å². The summed E-state index contributed by atoms with van der Waals surface area (Å²) in [5.41, 5.74) is 4.89. The Morgan fingerprint density at radius 1 is 1.03 bits per heavy atom. The number of anilines is 1. The Balaban J connectivity index is 1.42. The fourth-order valence-electron chi connectivity index (χ4n) is 3.54. The van der Waals surface area contributed by atoms with Crippen LogP contribution in [0.4, 0.5) is 5.69 Å². The average Bonchev–Trinajstić information content (AvgIpc) is 3.28. The van der Waals surface area contributed by atoms with Gasteiger partial charge in [0.05, 0.1) is 12.0 Å². The molecule has 1 aliphatic rings. The third kappa shape index (κ3) is 4.92. The van der Waals surface area contributed by atoms with Crippen LogP contribution < -0.4 is 10.3 Å². The van der Waals surface area contributed by atoms with Gasteiger partial charge in [-0.15, -0.1) is 11.8 Å². The Bertz CT molecular complexity index is 1030. The first-order valence-electron chi connectivity index (χ1n) is 9.68. The van der Waals surface area contributed by atoms with E-state index in [1.54, 1.807) is 6.21 Å². The maximum Gasteiger partial charge on any atom is 0.250 e. The zero-order valence-corrected chi connectivity index (χ0v) is 17.5. The van der Waals surface area contributed by atoms with Crippen molar-refractivity contribution < 1.29 is 4.79 Å². The monoisotopic (exact) mass is 423 g/mol. The Labute approximate surface area is 179 Å². The Morgan fingerprint density at radius 2 is 1.76 bits per heavy atom. The number of benzene rings is 3. The third-order valence-electron chi connectivity index (χ3n) is 4.96. The molecule has 0 aromatic heterocycles. The smallest absolute Gasteiger partial charge is 0.250 e. The zero-order valence-electron chi connectivity index (χ0n) is 16.0. The zero-order chi connectivity index (χ0) is 20.1. The van der Waals surface area contributed by atoms with E-state index in [4.69, 9.17) is 11.6 Å². The van der Waals surface area contributed by atoms with E-state index >= 15 is 0 Å². The van der Waals surface area contributed by atoms with Crippen LogP contribution >= 0.6 is 23.4 Å². The molecule has 1 fully saturated rings. The van der Waals surface area contributed by atoms with Gasteiger partial charge in [0, 0.05) is 39.6 Å². The van der Waals surface area contributed by atoms with Gasteiger partial charge in [-0.25, -0.2) is 5.43 Å². The first-order valence-corrected chi connectivity index (χ1v) is 11.0. The third-order valence-corrected chi connectivity index (χ3v) is 6.22. The van der Waals surface area contributed by atoms with Crippen LogP contribution in [0.15, 0.2) is 70.7 Å². The number of thioether (sulfide) groups is 1. The van der Waals surface area contributed by atoms with Gasteiger partial charge in [-0.05, 0) is 48.6 Å². The van der Waals surface area contributed by atoms with Crippen molar-refractivity contribution in [2.45, 2.75) is 17.7 Å². The molecule has 4 rings (SSSR count). The molecular formula is C23H22ClN3OS. The van der Waals surface area contributed by atoms with Gasteiger partial charge in [0.2, 0.25) is 5.91 Å². The second kappa shape index (κ2) is 9.33. The lowest BCUT2D eigenvalue weighted by Gasteiger charge is -2.20. The number of fused-ring (bicyclic) bond motifs is 1. The largest absolute Gasteiger partial charge is 0.371 e. The molecule has 148 valence electrons. The van der Waals surface area contributed by atoms with E-state index in [0.29, 0.717) is 10.8 Å². The molecule has 1 N–H and O–H groups in total. The minimum Gasteiger partial charge on any atom is -0.371 e. The van der Waals surface area contributed by atoms with Gasteiger partial charge in [0.25, 0.3) is 0 Å². The van der Waals surface area contributed by atoms with Gasteiger partial charge in [0.15, 0.2) is 0 Å². The normalized spacial score (nSPS) is 14.0. The molecule has 0 unspecified atom stereocenters. The summed E-state index contributed by atoms with van der Waals surface area (Å²) in [5.74, 6) is 0.160. The fourth-order valence-corrected chi connectivity index (χ4v) is 4.36.